The number of fused-ring (bicyclic) bond motifs is 2. The number of halogens is 2. The van der Waals surface area contributed by atoms with E-state index >= 15 is 0 Å². The maximum absolute atomic E-state index is 12.2. The largest absolute Gasteiger partial charge is 0.478 e. The van der Waals surface area contributed by atoms with E-state index < -0.39 is 5.97 Å². The summed E-state index contributed by atoms with van der Waals surface area (Å²) >= 11 is 6.85. The molecule has 4 heterocycles. The van der Waals surface area contributed by atoms with Gasteiger partial charge < -0.3 is 19.0 Å². The molecule has 0 aliphatic carbocycles. The average Bonchev–Trinajstić information content (AvgIpc) is 3.62. The Balaban J connectivity index is 0.000000175. The Morgan fingerprint density at radius 1 is 0.727 bits per heavy atom. The monoisotopic (exact) mass is 716 g/mol. The molecule has 0 atom stereocenters. The molecule has 0 spiro atoms. The lowest BCUT2D eigenvalue weighted by Gasteiger charge is -2.10. The fourth-order valence-electron chi connectivity index (χ4n) is 5.06. The van der Waals surface area contributed by atoms with Gasteiger partial charge in [-0.1, -0.05) is 56.1 Å². The molecule has 0 saturated carbocycles. The lowest BCUT2D eigenvalue weighted by atomic mass is 10.1. The molecule has 6 rings (SSSR count). The maximum atomic E-state index is 12.2. The zero-order valence-electron chi connectivity index (χ0n) is 24.4. The van der Waals surface area contributed by atoms with E-state index in [-0.39, 0.29) is 11.5 Å². The zero-order chi connectivity index (χ0) is 31.4. The highest BCUT2D eigenvalue weighted by molar-refractivity contribution is 9.10. The van der Waals surface area contributed by atoms with Crippen LogP contribution in [0.2, 0.25) is 0 Å². The van der Waals surface area contributed by atoms with Gasteiger partial charge in [0.2, 0.25) is 0 Å². The number of hydrogen-bond donors (Lipinski definition) is 1. The number of rotatable bonds is 7. The van der Waals surface area contributed by atoms with Crippen LogP contribution < -0.4 is 0 Å². The van der Waals surface area contributed by atoms with E-state index in [9.17, 15) is 14.7 Å². The molecule has 0 aliphatic heterocycles. The van der Waals surface area contributed by atoms with Crippen LogP contribution in [-0.4, -0.2) is 42.8 Å². The molecule has 10 heteroatoms. The molecular weight excluding hydrogens is 688 g/mol. The lowest BCUT2D eigenvalue weighted by molar-refractivity contribution is 0.0527. The molecule has 0 aliphatic rings. The summed E-state index contributed by atoms with van der Waals surface area (Å²) in [4.78, 5) is 32.1. The second kappa shape index (κ2) is 13.6. The maximum Gasteiger partial charge on any atom is 0.341 e. The van der Waals surface area contributed by atoms with E-state index in [1.165, 1.54) is 6.20 Å². The minimum absolute atomic E-state index is 0.234. The smallest absolute Gasteiger partial charge is 0.341 e. The predicted octanol–water partition coefficient (Wildman–Crippen LogP) is 8.19. The van der Waals surface area contributed by atoms with Gasteiger partial charge >= 0.3 is 11.9 Å². The third-order valence-corrected chi connectivity index (χ3v) is 8.31. The first-order valence-corrected chi connectivity index (χ1v) is 15.5. The summed E-state index contributed by atoms with van der Waals surface area (Å²) in [6.45, 7) is 7.30. The zero-order valence-corrected chi connectivity index (χ0v) is 27.6. The Hall–Kier alpha value is -4.28. The van der Waals surface area contributed by atoms with Crippen molar-refractivity contribution in [2.24, 2.45) is 0 Å². The molecule has 8 nitrogen and oxygen atoms in total. The molecule has 0 saturated heterocycles. The second-order valence-electron chi connectivity index (χ2n) is 10.2. The van der Waals surface area contributed by atoms with Crippen molar-refractivity contribution in [2.45, 2.75) is 33.9 Å². The molecule has 44 heavy (non-hydrogen) atoms. The molecule has 4 aromatic heterocycles. The minimum Gasteiger partial charge on any atom is -0.478 e. The molecule has 2 aromatic carbocycles. The van der Waals surface area contributed by atoms with Gasteiger partial charge in [-0.25, -0.2) is 9.59 Å². The first kappa shape index (κ1) is 31.2. The van der Waals surface area contributed by atoms with E-state index in [2.05, 4.69) is 58.5 Å². The molecule has 0 radical (unpaired) electrons. The normalized spacial score (nSPS) is 10.9. The number of esters is 1. The van der Waals surface area contributed by atoms with E-state index in [4.69, 9.17) is 4.74 Å². The van der Waals surface area contributed by atoms with Gasteiger partial charge in [-0.15, -0.1) is 0 Å². The van der Waals surface area contributed by atoms with Crippen LogP contribution in [-0.2, 0) is 17.8 Å². The Kier molecular flexibility index (Phi) is 9.61. The fraction of sp³-hybridized carbons (Fsp3) is 0.176. The topological polar surface area (TPSA) is 99.2 Å². The minimum atomic E-state index is -0.955. The number of benzene rings is 2. The molecule has 0 fully saturated rings. The number of carbonyl (C=O) groups excluding carboxylic acids is 1. The van der Waals surface area contributed by atoms with Crippen molar-refractivity contribution in [1.29, 1.82) is 0 Å². The summed E-state index contributed by atoms with van der Waals surface area (Å²) in [5.41, 5.74) is 6.35. The highest BCUT2D eigenvalue weighted by Gasteiger charge is 2.18. The van der Waals surface area contributed by atoms with Crippen molar-refractivity contribution in [2.75, 3.05) is 6.61 Å². The standard InChI is InChI=1S/C18H17BrN2O2.C16H13BrN2O2/c1-3-23-18(22)16-10-20-12(2)15-8-9-21(17(15)16)11-13-4-6-14(19)7-5-13;1-10-13-6-7-19(9-11-2-4-12(17)5-3-11)15(13)14(8-18-10)16(20)21/h4-10H,3,11H2,1-2H3;2-8H,9H2,1H3,(H,20,21). The molecule has 1 N–H and O–H groups in total. The number of carboxylic acid groups (broad SMARTS) is 1. The van der Waals surface area contributed by atoms with Crippen LogP contribution in [0.15, 0.2) is 94.4 Å². The highest BCUT2D eigenvalue weighted by atomic mass is 79.9. The van der Waals surface area contributed by atoms with Crippen LogP contribution in [0.1, 0.15) is 50.2 Å². The Labute approximate surface area is 271 Å². The summed E-state index contributed by atoms with van der Waals surface area (Å²) in [6, 6.07) is 20.1. The quantitative estimate of drug-likeness (QED) is 0.167. The molecule has 6 aromatic rings. The van der Waals surface area contributed by atoms with Crippen molar-refractivity contribution in [3.8, 4) is 0 Å². The van der Waals surface area contributed by atoms with Crippen LogP contribution in [0, 0.1) is 13.8 Å². The summed E-state index contributed by atoms with van der Waals surface area (Å²) in [5, 5.41) is 11.2. The van der Waals surface area contributed by atoms with Gasteiger partial charge in [0.1, 0.15) is 11.1 Å². The molecule has 0 unspecified atom stereocenters. The third-order valence-electron chi connectivity index (χ3n) is 7.25. The predicted molar refractivity (Wildman–Crippen MR) is 178 cm³/mol. The SMILES string of the molecule is CCOC(=O)c1cnc(C)c2ccn(Cc3ccc(Br)cc3)c12.Cc1ncc(C(=O)O)c2c1ccn2Cc1ccc(Br)cc1. The summed E-state index contributed by atoms with van der Waals surface area (Å²) in [6.07, 6.45) is 6.93. The number of aryl methyl sites for hydroxylation is 2. The number of carbonyl (C=O) groups is 2. The van der Waals surface area contributed by atoms with E-state index in [0.717, 1.165) is 53.3 Å². The number of aromatic carboxylic acids is 1. The van der Waals surface area contributed by atoms with Crippen LogP contribution in [0.3, 0.4) is 0 Å². The van der Waals surface area contributed by atoms with Gasteiger partial charge in [0.05, 0.1) is 17.6 Å². The third kappa shape index (κ3) is 6.76. The van der Waals surface area contributed by atoms with Crippen molar-refractivity contribution < 1.29 is 19.4 Å². The number of nitrogens with zero attached hydrogens (tertiary/aromatic N) is 4. The fourth-order valence-corrected chi connectivity index (χ4v) is 5.59. The van der Waals surface area contributed by atoms with Gasteiger partial charge in [0.25, 0.3) is 0 Å². The number of hydrogen-bond acceptors (Lipinski definition) is 5. The Morgan fingerprint density at radius 2 is 1.16 bits per heavy atom. The van der Waals surface area contributed by atoms with Gasteiger partial charge in [-0.3, -0.25) is 9.97 Å². The molecular formula is C34H30Br2N4O4. The van der Waals surface area contributed by atoms with Crippen LogP contribution in [0.5, 0.6) is 0 Å². The number of aromatic nitrogens is 4. The van der Waals surface area contributed by atoms with Crippen molar-refractivity contribution in [1.82, 2.24) is 19.1 Å². The van der Waals surface area contributed by atoms with Crippen molar-refractivity contribution in [3.63, 3.8) is 0 Å². The van der Waals surface area contributed by atoms with Crippen molar-refractivity contribution >= 4 is 65.6 Å². The van der Waals surface area contributed by atoms with Crippen molar-refractivity contribution in [3.05, 3.63) is 128 Å². The van der Waals surface area contributed by atoms with Gasteiger partial charge in [-0.05, 0) is 68.3 Å². The van der Waals surface area contributed by atoms with Crippen LogP contribution >= 0.6 is 31.9 Å². The summed E-state index contributed by atoms with van der Waals surface area (Å²) < 4.78 is 11.3. The number of ether oxygens (including phenoxy) is 1. The Bertz CT molecular complexity index is 1960. The van der Waals surface area contributed by atoms with Crippen LogP contribution in [0.25, 0.3) is 21.8 Å². The first-order chi connectivity index (χ1) is 21.2. The van der Waals surface area contributed by atoms with Crippen LogP contribution in [0.4, 0.5) is 0 Å². The van der Waals surface area contributed by atoms with Gasteiger partial charge in [-0.2, -0.15) is 0 Å². The summed E-state index contributed by atoms with van der Waals surface area (Å²) in [5.74, 6) is -1.29. The highest BCUT2D eigenvalue weighted by Crippen LogP contribution is 2.25. The lowest BCUT2D eigenvalue weighted by Crippen LogP contribution is -2.09. The molecule has 224 valence electrons. The molecule has 0 bridgehead atoms. The average molecular weight is 718 g/mol. The number of carboxylic acids is 1. The molecule has 0 amide bonds. The first-order valence-electron chi connectivity index (χ1n) is 13.9. The van der Waals surface area contributed by atoms with Gasteiger partial charge in [0.15, 0.2) is 0 Å². The number of pyridine rings is 2. The van der Waals surface area contributed by atoms with E-state index in [1.807, 2.05) is 79.3 Å². The van der Waals surface area contributed by atoms with Gasteiger partial charge in [0, 0.05) is 69.0 Å². The second-order valence-corrected chi connectivity index (χ2v) is 12.0. The van der Waals surface area contributed by atoms with E-state index in [0.29, 0.717) is 25.3 Å². The summed E-state index contributed by atoms with van der Waals surface area (Å²) in [7, 11) is 0. The Morgan fingerprint density at radius 3 is 1.59 bits per heavy atom. The van der Waals surface area contributed by atoms with E-state index in [1.54, 1.807) is 13.1 Å².